The number of hydrogen-bond acceptors (Lipinski definition) is 7. The van der Waals surface area contributed by atoms with Crippen LogP contribution in [-0.2, 0) is 9.53 Å². The minimum absolute atomic E-state index is 0.0878. The molecule has 88 valence electrons. The summed E-state index contributed by atoms with van der Waals surface area (Å²) >= 11 is 1.43. The van der Waals surface area contributed by atoms with Crippen molar-refractivity contribution < 1.29 is 9.53 Å². The van der Waals surface area contributed by atoms with Gasteiger partial charge in [-0.05, 0) is 6.26 Å². The Morgan fingerprint density at radius 3 is 2.75 bits per heavy atom. The molecule has 0 aromatic carbocycles. The molecular formula is C9H14N4O2S. The van der Waals surface area contributed by atoms with E-state index in [0.29, 0.717) is 16.8 Å². The van der Waals surface area contributed by atoms with Crippen molar-refractivity contribution in [3.8, 4) is 0 Å². The van der Waals surface area contributed by atoms with Crippen molar-refractivity contribution in [1.82, 2.24) is 9.97 Å². The molecule has 0 aliphatic carbocycles. The first kappa shape index (κ1) is 12.6. The van der Waals surface area contributed by atoms with Gasteiger partial charge in [-0.3, -0.25) is 4.79 Å². The van der Waals surface area contributed by atoms with Gasteiger partial charge < -0.3 is 15.4 Å². The lowest BCUT2D eigenvalue weighted by Crippen LogP contribution is -2.16. The maximum absolute atomic E-state index is 10.9. The molecule has 0 saturated heterocycles. The Morgan fingerprint density at radius 1 is 1.50 bits per heavy atom. The lowest BCUT2D eigenvalue weighted by atomic mass is 10.5. The Kier molecular flexibility index (Phi) is 4.84. The summed E-state index contributed by atoms with van der Waals surface area (Å²) in [6, 6.07) is 1.72. The largest absolute Gasteiger partial charge is 0.468 e. The van der Waals surface area contributed by atoms with E-state index >= 15 is 0 Å². The zero-order chi connectivity index (χ0) is 12.0. The van der Waals surface area contributed by atoms with Crippen LogP contribution in [0.4, 0.5) is 11.6 Å². The van der Waals surface area contributed by atoms with Crippen molar-refractivity contribution in [2.75, 3.05) is 37.6 Å². The highest BCUT2D eigenvalue weighted by molar-refractivity contribution is 7.98. The number of nitrogens with zero attached hydrogens (tertiary/aromatic N) is 2. The molecule has 6 nitrogen and oxygen atoms in total. The number of esters is 1. The molecule has 0 saturated carbocycles. The summed E-state index contributed by atoms with van der Waals surface area (Å²) in [7, 11) is 3.12. The molecule has 1 aromatic heterocycles. The van der Waals surface area contributed by atoms with Gasteiger partial charge in [-0.25, -0.2) is 9.97 Å². The normalized spacial score (nSPS) is 9.69. The molecule has 0 spiro atoms. The minimum atomic E-state index is -0.338. The average molecular weight is 242 g/mol. The summed E-state index contributed by atoms with van der Waals surface area (Å²) in [5.41, 5.74) is 0. The van der Waals surface area contributed by atoms with Gasteiger partial charge in [0.25, 0.3) is 0 Å². The van der Waals surface area contributed by atoms with E-state index in [1.165, 1.54) is 18.9 Å². The number of nitrogens with one attached hydrogen (secondary N) is 2. The Morgan fingerprint density at radius 2 is 2.19 bits per heavy atom. The van der Waals surface area contributed by atoms with E-state index in [1.807, 2.05) is 6.26 Å². The molecule has 2 N–H and O–H groups in total. The van der Waals surface area contributed by atoms with Gasteiger partial charge in [-0.1, -0.05) is 11.8 Å². The molecule has 0 radical (unpaired) electrons. The third kappa shape index (κ3) is 3.58. The summed E-state index contributed by atoms with van der Waals surface area (Å²) in [6.07, 6.45) is 1.89. The highest BCUT2D eigenvalue weighted by Crippen LogP contribution is 2.16. The third-order valence-electron chi connectivity index (χ3n) is 1.79. The first-order chi connectivity index (χ1) is 7.69. The molecule has 0 atom stereocenters. The molecule has 1 heterocycles. The minimum Gasteiger partial charge on any atom is -0.468 e. The average Bonchev–Trinajstić information content (AvgIpc) is 2.35. The lowest BCUT2D eigenvalue weighted by Gasteiger charge is -2.07. The van der Waals surface area contributed by atoms with Gasteiger partial charge in [0.1, 0.15) is 18.2 Å². The van der Waals surface area contributed by atoms with Crippen LogP contribution in [0.2, 0.25) is 0 Å². The zero-order valence-corrected chi connectivity index (χ0v) is 10.2. The van der Waals surface area contributed by atoms with Crippen LogP contribution in [-0.4, -0.2) is 42.9 Å². The standard InChI is InChI=1S/C9H14N4O2S/c1-10-6-4-7(11-5-8(14)15-2)13-9(12-6)16-3/h4H,5H2,1-3H3,(H2,10,11,12,13). The first-order valence-electron chi connectivity index (χ1n) is 4.61. The predicted octanol–water partition coefficient (Wildman–Crippen LogP) is 0.825. The van der Waals surface area contributed by atoms with E-state index in [1.54, 1.807) is 13.1 Å². The third-order valence-corrected chi connectivity index (χ3v) is 2.33. The molecule has 0 fully saturated rings. The molecule has 16 heavy (non-hydrogen) atoms. The van der Waals surface area contributed by atoms with Crippen LogP contribution >= 0.6 is 11.8 Å². The molecule has 0 bridgehead atoms. The summed E-state index contributed by atoms with van der Waals surface area (Å²) in [6.45, 7) is 0.0878. The Bertz CT molecular complexity index is 350. The van der Waals surface area contributed by atoms with Gasteiger partial charge >= 0.3 is 5.97 Å². The van der Waals surface area contributed by atoms with Crippen LogP contribution in [0.1, 0.15) is 0 Å². The monoisotopic (exact) mass is 242 g/mol. The number of carbonyl (C=O) groups is 1. The van der Waals surface area contributed by atoms with Crippen LogP contribution in [0, 0.1) is 0 Å². The molecule has 0 aliphatic rings. The van der Waals surface area contributed by atoms with Gasteiger partial charge in [0, 0.05) is 13.1 Å². The van der Waals surface area contributed by atoms with E-state index in [0.717, 1.165) is 0 Å². The van der Waals surface area contributed by atoms with E-state index in [-0.39, 0.29) is 12.5 Å². The Balaban J connectivity index is 2.74. The van der Waals surface area contributed by atoms with Crippen LogP contribution in [0.3, 0.4) is 0 Å². The van der Waals surface area contributed by atoms with E-state index in [2.05, 4.69) is 25.3 Å². The number of thioether (sulfide) groups is 1. The number of aromatic nitrogens is 2. The number of rotatable bonds is 5. The van der Waals surface area contributed by atoms with Crippen LogP contribution in [0.5, 0.6) is 0 Å². The summed E-state index contributed by atoms with van der Waals surface area (Å²) in [5, 5.41) is 6.43. The SMILES string of the molecule is CNc1cc(NCC(=O)OC)nc(SC)n1. The van der Waals surface area contributed by atoms with Crippen molar-refractivity contribution in [1.29, 1.82) is 0 Å². The lowest BCUT2D eigenvalue weighted by molar-refractivity contribution is -0.138. The fourth-order valence-electron chi connectivity index (χ4n) is 0.970. The second-order valence-corrected chi connectivity index (χ2v) is 3.58. The van der Waals surface area contributed by atoms with Gasteiger partial charge in [0.15, 0.2) is 5.16 Å². The first-order valence-corrected chi connectivity index (χ1v) is 5.83. The van der Waals surface area contributed by atoms with Crippen LogP contribution < -0.4 is 10.6 Å². The molecule has 0 amide bonds. The van der Waals surface area contributed by atoms with Crippen molar-refractivity contribution in [3.63, 3.8) is 0 Å². The van der Waals surface area contributed by atoms with Gasteiger partial charge in [0.2, 0.25) is 0 Å². The second-order valence-electron chi connectivity index (χ2n) is 2.80. The van der Waals surface area contributed by atoms with Gasteiger partial charge in [0.05, 0.1) is 7.11 Å². The van der Waals surface area contributed by atoms with E-state index in [9.17, 15) is 4.79 Å². The highest BCUT2D eigenvalue weighted by atomic mass is 32.2. The fraction of sp³-hybridized carbons (Fsp3) is 0.444. The molecule has 0 unspecified atom stereocenters. The smallest absolute Gasteiger partial charge is 0.325 e. The summed E-state index contributed by atoms with van der Waals surface area (Å²) < 4.78 is 4.52. The van der Waals surface area contributed by atoms with Crippen LogP contribution in [0.25, 0.3) is 0 Å². The number of hydrogen-bond donors (Lipinski definition) is 2. The van der Waals surface area contributed by atoms with Crippen molar-refractivity contribution >= 4 is 29.4 Å². The molecule has 0 aliphatic heterocycles. The maximum atomic E-state index is 10.9. The molecular weight excluding hydrogens is 228 g/mol. The molecule has 1 rings (SSSR count). The second kappa shape index (κ2) is 6.16. The Hall–Kier alpha value is -1.50. The zero-order valence-electron chi connectivity index (χ0n) is 9.40. The number of ether oxygens (including phenoxy) is 1. The van der Waals surface area contributed by atoms with Gasteiger partial charge in [-0.15, -0.1) is 0 Å². The number of carbonyl (C=O) groups excluding carboxylic acids is 1. The van der Waals surface area contributed by atoms with Crippen molar-refractivity contribution in [2.45, 2.75) is 5.16 Å². The van der Waals surface area contributed by atoms with Crippen LogP contribution in [0.15, 0.2) is 11.2 Å². The summed E-state index contributed by atoms with van der Waals surface area (Å²) in [5.74, 6) is 0.955. The van der Waals surface area contributed by atoms with Gasteiger partial charge in [-0.2, -0.15) is 0 Å². The number of methoxy groups -OCH3 is 1. The topological polar surface area (TPSA) is 76.1 Å². The maximum Gasteiger partial charge on any atom is 0.325 e. The Labute approximate surface area is 98.2 Å². The summed E-state index contributed by atoms with van der Waals surface area (Å²) in [4.78, 5) is 19.3. The molecule has 7 heteroatoms. The van der Waals surface area contributed by atoms with Crippen molar-refractivity contribution in [2.24, 2.45) is 0 Å². The van der Waals surface area contributed by atoms with Crippen molar-refractivity contribution in [3.05, 3.63) is 6.07 Å². The molecule has 1 aromatic rings. The predicted molar refractivity (Wildman–Crippen MR) is 63.9 cm³/mol. The van der Waals surface area contributed by atoms with E-state index in [4.69, 9.17) is 0 Å². The van der Waals surface area contributed by atoms with E-state index < -0.39 is 0 Å². The fourth-order valence-corrected chi connectivity index (χ4v) is 1.35. The highest BCUT2D eigenvalue weighted by Gasteiger charge is 2.04. The number of anilines is 2. The quantitative estimate of drug-likeness (QED) is 0.450.